The average molecular weight is 361 g/mol. The summed E-state index contributed by atoms with van der Waals surface area (Å²) in [6.07, 6.45) is 5.06. The van der Waals surface area contributed by atoms with Crippen LogP contribution in [0.2, 0.25) is 0 Å². The zero-order valence-electron chi connectivity index (χ0n) is 16.3. The van der Waals surface area contributed by atoms with Gasteiger partial charge in [0.1, 0.15) is 5.60 Å². The van der Waals surface area contributed by atoms with Crippen LogP contribution in [0.3, 0.4) is 0 Å². The minimum atomic E-state index is -0.454. The first-order valence-corrected chi connectivity index (χ1v) is 9.78. The Balaban J connectivity index is 1.59. The monoisotopic (exact) mass is 361 g/mol. The molecule has 3 nitrogen and oxygen atoms in total. The maximum atomic E-state index is 12.6. The average Bonchev–Trinajstić information content (AvgIpc) is 2.91. The molecule has 4 rings (SSSR count). The van der Waals surface area contributed by atoms with Gasteiger partial charge < -0.3 is 4.74 Å². The summed E-state index contributed by atoms with van der Waals surface area (Å²) in [6.45, 7) is 5.77. The van der Waals surface area contributed by atoms with Gasteiger partial charge in [0.25, 0.3) is 0 Å². The Labute approximate surface area is 161 Å². The van der Waals surface area contributed by atoms with Crippen LogP contribution >= 0.6 is 0 Å². The molecule has 2 heterocycles. The molecule has 1 saturated heterocycles. The Hall–Kier alpha value is -2.55. The number of hydrogen-bond donors (Lipinski definition) is 0. The maximum absolute atomic E-state index is 12.6. The second-order valence-corrected chi connectivity index (χ2v) is 8.53. The lowest BCUT2D eigenvalue weighted by molar-refractivity contribution is 0.0175. The first-order chi connectivity index (χ1) is 12.9. The van der Waals surface area contributed by atoms with Gasteiger partial charge in [-0.25, -0.2) is 4.79 Å². The van der Waals surface area contributed by atoms with Crippen LogP contribution in [0.25, 0.3) is 16.7 Å². The largest absolute Gasteiger partial charge is 0.444 e. The van der Waals surface area contributed by atoms with Crippen LogP contribution in [0.1, 0.15) is 45.6 Å². The van der Waals surface area contributed by atoms with Gasteiger partial charge in [-0.3, -0.25) is 4.90 Å². The highest BCUT2D eigenvalue weighted by atomic mass is 16.6. The Morgan fingerprint density at radius 3 is 2.37 bits per heavy atom. The van der Waals surface area contributed by atoms with E-state index in [9.17, 15) is 4.79 Å². The number of carbonyl (C=O) groups is 1. The number of fused-ring (bicyclic) bond motifs is 2. The van der Waals surface area contributed by atoms with Crippen molar-refractivity contribution in [2.75, 3.05) is 0 Å². The number of rotatable bonds is 2. The van der Waals surface area contributed by atoms with E-state index in [1.165, 1.54) is 22.3 Å². The Kier molecular flexibility index (Phi) is 4.55. The van der Waals surface area contributed by atoms with Crippen LogP contribution < -0.4 is 0 Å². The molecule has 2 atom stereocenters. The lowest BCUT2D eigenvalue weighted by Gasteiger charge is -2.35. The normalized spacial score (nSPS) is 21.7. The highest BCUT2D eigenvalue weighted by Crippen LogP contribution is 2.40. The number of carbonyl (C=O) groups excluding carboxylic acids is 1. The molecule has 2 aliphatic rings. The molecule has 27 heavy (non-hydrogen) atoms. The molecule has 3 heteroatoms. The van der Waals surface area contributed by atoms with Gasteiger partial charge in [0.15, 0.2) is 0 Å². The molecule has 140 valence electrons. The minimum Gasteiger partial charge on any atom is -0.444 e. The smallest absolute Gasteiger partial charge is 0.411 e. The molecule has 0 aromatic heterocycles. The van der Waals surface area contributed by atoms with Crippen LogP contribution in [0, 0.1) is 0 Å². The fourth-order valence-electron chi connectivity index (χ4n) is 4.17. The number of benzene rings is 2. The van der Waals surface area contributed by atoms with Crippen LogP contribution in [0.15, 0.2) is 60.7 Å². The summed E-state index contributed by atoms with van der Waals surface area (Å²) in [4.78, 5) is 14.6. The highest BCUT2D eigenvalue weighted by Gasteiger charge is 2.41. The van der Waals surface area contributed by atoms with Gasteiger partial charge in [-0.05, 0) is 68.4 Å². The number of nitrogens with zero attached hydrogens (tertiary/aromatic N) is 1. The van der Waals surface area contributed by atoms with Crippen LogP contribution in [0.4, 0.5) is 4.79 Å². The zero-order valence-corrected chi connectivity index (χ0v) is 16.3. The first-order valence-electron chi connectivity index (χ1n) is 9.78. The van der Waals surface area contributed by atoms with E-state index in [2.05, 4.69) is 54.6 Å². The molecule has 2 aromatic carbocycles. The molecular formula is C24H27NO2. The van der Waals surface area contributed by atoms with Crippen molar-refractivity contribution in [3.63, 3.8) is 0 Å². The van der Waals surface area contributed by atoms with E-state index in [-0.39, 0.29) is 18.2 Å². The van der Waals surface area contributed by atoms with Crippen molar-refractivity contribution < 1.29 is 9.53 Å². The van der Waals surface area contributed by atoms with Crippen molar-refractivity contribution in [2.45, 2.75) is 57.7 Å². The van der Waals surface area contributed by atoms with E-state index in [0.717, 1.165) is 19.3 Å². The van der Waals surface area contributed by atoms with E-state index in [0.29, 0.717) is 0 Å². The second-order valence-electron chi connectivity index (χ2n) is 8.53. The van der Waals surface area contributed by atoms with E-state index >= 15 is 0 Å². The lowest BCUT2D eigenvalue weighted by atomic mass is 9.92. The van der Waals surface area contributed by atoms with Crippen molar-refractivity contribution in [3.05, 3.63) is 66.2 Å². The lowest BCUT2D eigenvalue weighted by Crippen LogP contribution is -2.45. The van der Waals surface area contributed by atoms with Crippen LogP contribution in [-0.4, -0.2) is 28.7 Å². The molecule has 0 spiro atoms. The van der Waals surface area contributed by atoms with Crippen LogP contribution in [-0.2, 0) is 4.74 Å². The number of ether oxygens (including phenoxy) is 1. The van der Waals surface area contributed by atoms with Gasteiger partial charge in [0.2, 0.25) is 0 Å². The summed E-state index contributed by atoms with van der Waals surface area (Å²) in [6, 6.07) is 19.6. The molecule has 0 radical (unpaired) electrons. The summed E-state index contributed by atoms with van der Waals surface area (Å²) in [5, 5.41) is 0. The van der Waals surface area contributed by atoms with E-state index in [4.69, 9.17) is 4.74 Å². The summed E-state index contributed by atoms with van der Waals surface area (Å²) in [7, 11) is 0. The fourth-order valence-corrected chi connectivity index (χ4v) is 4.17. The molecule has 2 aromatic rings. The van der Waals surface area contributed by atoms with Crippen molar-refractivity contribution in [2.24, 2.45) is 0 Å². The minimum absolute atomic E-state index is 0.147. The maximum Gasteiger partial charge on any atom is 0.411 e. The number of amides is 1. The zero-order chi connectivity index (χ0) is 19.0. The van der Waals surface area contributed by atoms with Crippen molar-refractivity contribution in [1.82, 2.24) is 4.90 Å². The van der Waals surface area contributed by atoms with E-state index < -0.39 is 5.60 Å². The van der Waals surface area contributed by atoms with E-state index in [1.54, 1.807) is 0 Å². The SMILES string of the molecule is CC(C)(C)OC(=O)N1C2C=C(c3cccc(-c4ccccc4)c3)CC1CC2. The first kappa shape index (κ1) is 17.8. The molecule has 2 unspecified atom stereocenters. The van der Waals surface area contributed by atoms with Gasteiger partial charge in [0, 0.05) is 6.04 Å². The predicted octanol–water partition coefficient (Wildman–Crippen LogP) is 5.91. The van der Waals surface area contributed by atoms with Gasteiger partial charge in [-0.2, -0.15) is 0 Å². The van der Waals surface area contributed by atoms with E-state index in [1.807, 2.05) is 31.7 Å². The van der Waals surface area contributed by atoms with Gasteiger partial charge in [0.05, 0.1) is 6.04 Å². The standard InChI is InChI=1S/C24H27NO2/c1-24(2,3)27-23(26)25-21-12-13-22(25)16-20(15-21)19-11-7-10-18(14-19)17-8-5-4-6-9-17/h4-11,14-15,21-22H,12-13,16H2,1-3H3. The van der Waals surface area contributed by atoms with Crippen LogP contribution in [0.5, 0.6) is 0 Å². The topological polar surface area (TPSA) is 29.5 Å². The summed E-state index contributed by atoms with van der Waals surface area (Å²) >= 11 is 0. The van der Waals surface area contributed by atoms with Crippen molar-refractivity contribution in [3.8, 4) is 11.1 Å². The molecule has 2 bridgehead atoms. The molecule has 2 aliphatic heterocycles. The summed E-state index contributed by atoms with van der Waals surface area (Å²) < 4.78 is 5.63. The summed E-state index contributed by atoms with van der Waals surface area (Å²) in [5.74, 6) is 0. The van der Waals surface area contributed by atoms with Gasteiger partial charge >= 0.3 is 6.09 Å². The summed E-state index contributed by atoms with van der Waals surface area (Å²) in [5.41, 5.74) is 4.62. The quantitative estimate of drug-likeness (QED) is 0.665. The molecule has 1 amide bonds. The van der Waals surface area contributed by atoms with Gasteiger partial charge in [-0.15, -0.1) is 0 Å². The molecule has 0 aliphatic carbocycles. The third kappa shape index (κ3) is 3.78. The second kappa shape index (κ2) is 6.88. The third-order valence-corrected chi connectivity index (χ3v) is 5.34. The fraction of sp³-hybridized carbons (Fsp3) is 0.375. The molecular weight excluding hydrogens is 334 g/mol. The third-order valence-electron chi connectivity index (χ3n) is 5.34. The van der Waals surface area contributed by atoms with Gasteiger partial charge in [-0.1, -0.05) is 54.6 Å². The molecule has 1 fully saturated rings. The highest BCUT2D eigenvalue weighted by molar-refractivity contribution is 5.77. The molecule has 0 N–H and O–H groups in total. The number of hydrogen-bond acceptors (Lipinski definition) is 2. The Morgan fingerprint density at radius 1 is 0.963 bits per heavy atom. The predicted molar refractivity (Wildman–Crippen MR) is 109 cm³/mol. The van der Waals surface area contributed by atoms with Crippen molar-refractivity contribution in [1.29, 1.82) is 0 Å². The van der Waals surface area contributed by atoms with Crippen molar-refractivity contribution >= 4 is 11.7 Å². The Morgan fingerprint density at radius 2 is 1.67 bits per heavy atom. The Bertz CT molecular complexity index is 863. The molecule has 0 saturated carbocycles.